The molecule has 2 rings (SSSR count). The van der Waals surface area contributed by atoms with E-state index in [9.17, 15) is 0 Å². The maximum Gasteiger partial charge on any atom is 0.138 e. The molecule has 1 aromatic carbocycles. The first-order valence-corrected chi connectivity index (χ1v) is 6.96. The first-order chi connectivity index (χ1) is 9.20. The van der Waals surface area contributed by atoms with Gasteiger partial charge in [-0.05, 0) is 36.1 Å². The van der Waals surface area contributed by atoms with Gasteiger partial charge >= 0.3 is 0 Å². The number of benzene rings is 1. The molecule has 0 aliphatic heterocycles. The molecule has 19 heavy (non-hydrogen) atoms. The second kappa shape index (κ2) is 6.73. The predicted molar refractivity (Wildman–Crippen MR) is 80.2 cm³/mol. The third-order valence-corrected chi connectivity index (χ3v) is 3.35. The summed E-state index contributed by atoms with van der Waals surface area (Å²) in [4.78, 5) is 3.94. The van der Waals surface area contributed by atoms with Crippen LogP contribution in [0.4, 0.5) is 0 Å². The van der Waals surface area contributed by atoms with Crippen LogP contribution >= 0.6 is 23.2 Å². The van der Waals surface area contributed by atoms with Gasteiger partial charge in [-0.2, -0.15) is 5.10 Å². The normalized spacial score (nSPS) is 11.8. The quantitative estimate of drug-likeness (QED) is 0.795. The Bertz CT molecular complexity index is 562. The van der Waals surface area contributed by atoms with Gasteiger partial charge in [0.1, 0.15) is 12.7 Å². The molecule has 0 N–H and O–H groups in total. The molecule has 0 atom stereocenters. The van der Waals surface area contributed by atoms with Crippen LogP contribution < -0.4 is 0 Å². The third-order valence-electron chi connectivity index (χ3n) is 2.80. The summed E-state index contributed by atoms with van der Waals surface area (Å²) in [7, 11) is 0. The average molecular weight is 296 g/mol. The highest BCUT2D eigenvalue weighted by Gasteiger charge is 2.07. The highest BCUT2D eigenvalue weighted by Crippen LogP contribution is 2.30. The van der Waals surface area contributed by atoms with Crippen LogP contribution in [0.25, 0.3) is 11.8 Å². The molecule has 0 saturated carbocycles. The minimum Gasteiger partial charge on any atom is -0.228 e. The molecule has 0 bridgehead atoms. The predicted octanol–water partition coefficient (Wildman–Crippen LogP) is 4.77. The number of rotatable bonds is 5. The number of allylic oxidation sites excluding steroid dienone is 1. The Hall–Kier alpha value is -1.32. The summed E-state index contributed by atoms with van der Waals surface area (Å²) in [6.07, 6.45) is 8.29. The monoisotopic (exact) mass is 295 g/mol. The van der Waals surface area contributed by atoms with Crippen molar-refractivity contribution >= 4 is 35.0 Å². The highest BCUT2D eigenvalue weighted by atomic mass is 35.5. The second-order valence-corrected chi connectivity index (χ2v) is 5.10. The summed E-state index contributed by atoms with van der Waals surface area (Å²) in [6, 6.07) is 5.56. The van der Waals surface area contributed by atoms with Crippen molar-refractivity contribution in [2.45, 2.75) is 26.2 Å². The average Bonchev–Trinajstić information content (AvgIpc) is 2.88. The molecule has 0 amide bonds. The van der Waals surface area contributed by atoms with E-state index in [0.29, 0.717) is 10.0 Å². The zero-order valence-corrected chi connectivity index (χ0v) is 12.2. The van der Waals surface area contributed by atoms with Crippen LogP contribution in [-0.4, -0.2) is 14.8 Å². The lowest BCUT2D eigenvalue weighted by Crippen LogP contribution is -1.93. The van der Waals surface area contributed by atoms with Gasteiger partial charge in [0, 0.05) is 16.2 Å². The number of aromatic nitrogens is 3. The largest absolute Gasteiger partial charge is 0.228 e. The molecule has 5 heteroatoms. The third kappa shape index (κ3) is 3.82. The van der Waals surface area contributed by atoms with Gasteiger partial charge in [0.2, 0.25) is 0 Å². The van der Waals surface area contributed by atoms with Crippen molar-refractivity contribution in [2.24, 2.45) is 0 Å². The van der Waals surface area contributed by atoms with Crippen LogP contribution in [0.3, 0.4) is 0 Å². The first kappa shape index (κ1) is 14.1. The van der Waals surface area contributed by atoms with Crippen molar-refractivity contribution in [1.29, 1.82) is 0 Å². The van der Waals surface area contributed by atoms with Crippen LogP contribution in [0.5, 0.6) is 0 Å². The zero-order chi connectivity index (χ0) is 13.7. The summed E-state index contributed by atoms with van der Waals surface area (Å²) >= 11 is 12.2. The van der Waals surface area contributed by atoms with Crippen LogP contribution in [0, 0.1) is 0 Å². The molecule has 0 fully saturated rings. The van der Waals surface area contributed by atoms with Gasteiger partial charge in [0.25, 0.3) is 0 Å². The van der Waals surface area contributed by atoms with Crippen LogP contribution in [0.2, 0.25) is 10.0 Å². The SMILES string of the molecule is CCCC/C(=C\n1cncn1)c1ccc(Cl)cc1Cl. The van der Waals surface area contributed by atoms with E-state index in [2.05, 4.69) is 17.0 Å². The van der Waals surface area contributed by atoms with Crippen LogP contribution in [0.1, 0.15) is 31.7 Å². The molecule has 3 nitrogen and oxygen atoms in total. The Kier molecular flexibility index (Phi) is 5.00. The fraction of sp³-hybridized carbons (Fsp3) is 0.286. The van der Waals surface area contributed by atoms with E-state index in [1.54, 1.807) is 17.1 Å². The van der Waals surface area contributed by atoms with Gasteiger partial charge in [-0.15, -0.1) is 0 Å². The molecule has 1 aromatic heterocycles. The number of hydrogen-bond acceptors (Lipinski definition) is 2. The van der Waals surface area contributed by atoms with E-state index in [1.165, 1.54) is 6.33 Å². The van der Waals surface area contributed by atoms with E-state index in [0.717, 1.165) is 30.4 Å². The lowest BCUT2D eigenvalue weighted by molar-refractivity contribution is 0.821. The summed E-state index contributed by atoms with van der Waals surface area (Å²) in [5, 5.41) is 5.40. The van der Waals surface area contributed by atoms with Crippen LogP contribution in [0.15, 0.2) is 30.9 Å². The maximum atomic E-state index is 6.27. The lowest BCUT2D eigenvalue weighted by atomic mass is 10.0. The summed E-state index contributed by atoms with van der Waals surface area (Å²) in [6.45, 7) is 2.16. The van der Waals surface area contributed by atoms with E-state index in [4.69, 9.17) is 23.2 Å². The maximum absolute atomic E-state index is 6.27. The van der Waals surface area contributed by atoms with Crippen molar-refractivity contribution < 1.29 is 0 Å². The van der Waals surface area contributed by atoms with Crippen molar-refractivity contribution in [3.8, 4) is 0 Å². The lowest BCUT2D eigenvalue weighted by Gasteiger charge is -2.10. The van der Waals surface area contributed by atoms with Crippen molar-refractivity contribution in [2.75, 3.05) is 0 Å². The van der Waals surface area contributed by atoms with Gasteiger partial charge in [-0.1, -0.05) is 42.6 Å². The Morgan fingerprint density at radius 2 is 2.21 bits per heavy atom. The second-order valence-electron chi connectivity index (χ2n) is 4.26. The minimum absolute atomic E-state index is 0.643. The molecule has 0 spiro atoms. The molecular formula is C14H15Cl2N3. The van der Waals surface area contributed by atoms with Crippen LogP contribution in [-0.2, 0) is 0 Å². The van der Waals surface area contributed by atoms with Gasteiger partial charge < -0.3 is 0 Å². The van der Waals surface area contributed by atoms with Gasteiger partial charge in [-0.3, -0.25) is 0 Å². The molecule has 2 aromatic rings. The summed E-state index contributed by atoms with van der Waals surface area (Å²) < 4.78 is 1.69. The Morgan fingerprint density at radius 1 is 1.37 bits per heavy atom. The molecule has 0 aliphatic rings. The topological polar surface area (TPSA) is 30.7 Å². The fourth-order valence-corrected chi connectivity index (χ4v) is 2.36. The van der Waals surface area contributed by atoms with Crippen molar-refractivity contribution in [1.82, 2.24) is 14.8 Å². The Balaban J connectivity index is 2.36. The zero-order valence-electron chi connectivity index (χ0n) is 10.7. The standard InChI is InChI=1S/C14H15Cl2N3/c1-2-3-4-11(8-19-10-17-9-18-19)13-6-5-12(15)7-14(13)16/h5-10H,2-4H2,1H3/b11-8+. The summed E-state index contributed by atoms with van der Waals surface area (Å²) in [5.41, 5.74) is 2.13. The molecular weight excluding hydrogens is 281 g/mol. The Morgan fingerprint density at radius 3 is 2.84 bits per heavy atom. The van der Waals surface area contributed by atoms with E-state index in [-0.39, 0.29) is 0 Å². The van der Waals surface area contributed by atoms with Gasteiger partial charge in [0.15, 0.2) is 0 Å². The number of nitrogens with zero attached hydrogens (tertiary/aromatic N) is 3. The molecule has 0 saturated heterocycles. The molecule has 100 valence electrons. The molecule has 0 unspecified atom stereocenters. The van der Waals surface area contributed by atoms with E-state index < -0.39 is 0 Å². The highest BCUT2D eigenvalue weighted by molar-refractivity contribution is 6.35. The number of unbranched alkanes of at least 4 members (excludes halogenated alkanes) is 1. The number of halogens is 2. The molecule has 1 heterocycles. The number of hydrogen-bond donors (Lipinski definition) is 0. The van der Waals surface area contributed by atoms with Crippen molar-refractivity contribution in [3.63, 3.8) is 0 Å². The molecule has 0 radical (unpaired) electrons. The molecule has 0 aliphatic carbocycles. The minimum atomic E-state index is 0.643. The van der Waals surface area contributed by atoms with Gasteiger partial charge in [-0.25, -0.2) is 9.67 Å². The summed E-state index contributed by atoms with van der Waals surface area (Å²) in [5.74, 6) is 0. The van der Waals surface area contributed by atoms with E-state index in [1.807, 2.05) is 18.3 Å². The fourth-order valence-electron chi connectivity index (χ4n) is 1.83. The van der Waals surface area contributed by atoms with E-state index >= 15 is 0 Å². The van der Waals surface area contributed by atoms with Crippen molar-refractivity contribution in [3.05, 3.63) is 46.5 Å². The van der Waals surface area contributed by atoms with Gasteiger partial charge in [0.05, 0.1) is 0 Å². The first-order valence-electron chi connectivity index (χ1n) is 6.21. The Labute approximate surface area is 122 Å². The smallest absolute Gasteiger partial charge is 0.138 e.